The van der Waals surface area contributed by atoms with Crippen LogP contribution in [0.5, 0.6) is 0 Å². The van der Waals surface area contributed by atoms with Gasteiger partial charge in [0.2, 0.25) is 0 Å². The number of carbonyl (C=O) groups excluding carboxylic acids is 1. The zero-order valence-electron chi connectivity index (χ0n) is 17.2. The quantitative estimate of drug-likeness (QED) is 0.320. The molecule has 0 aliphatic heterocycles. The van der Waals surface area contributed by atoms with Crippen molar-refractivity contribution >= 4 is 12.1 Å². The Hall–Kier alpha value is -1.46. The second kappa shape index (κ2) is 17.6. The lowest BCUT2D eigenvalue weighted by Gasteiger charge is -2.19. The number of nitrogens with one attached hydrogen (secondary N) is 1. The number of ether oxygens (including phenoxy) is 6. The number of carboxylic acids is 1. The number of carboxylic acid groups (broad SMARTS) is 1. The van der Waals surface area contributed by atoms with Crippen LogP contribution in [0.15, 0.2) is 0 Å². The van der Waals surface area contributed by atoms with Crippen LogP contribution < -0.4 is 5.32 Å². The van der Waals surface area contributed by atoms with Gasteiger partial charge in [0.1, 0.15) is 5.60 Å². The van der Waals surface area contributed by atoms with Gasteiger partial charge in [0.25, 0.3) is 0 Å². The van der Waals surface area contributed by atoms with Crippen LogP contribution in [0.25, 0.3) is 0 Å². The Balaban J connectivity index is 3.14. The summed E-state index contributed by atoms with van der Waals surface area (Å²) < 4.78 is 31.5. The average molecular weight is 409 g/mol. The molecule has 0 fully saturated rings. The Bertz CT molecular complexity index is 399. The molecular weight excluding hydrogens is 374 g/mol. The van der Waals surface area contributed by atoms with Gasteiger partial charge in [0.15, 0.2) is 0 Å². The molecule has 0 aromatic rings. The molecule has 0 aromatic carbocycles. The zero-order chi connectivity index (χ0) is 21.1. The van der Waals surface area contributed by atoms with Gasteiger partial charge in [-0.05, 0) is 20.8 Å². The van der Waals surface area contributed by atoms with Crippen LogP contribution >= 0.6 is 0 Å². The highest BCUT2D eigenvalue weighted by molar-refractivity contribution is 5.67. The Labute approximate surface area is 166 Å². The SMILES string of the molecule is CC(C)(C)OC(=O)NCCOCCOCCOCCOCCOCCC(=O)O. The highest BCUT2D eigenvalue weighted by Gasteiger charge is 2.15. The number of aliphatic carboxylic acids is 1. The zero-order valence-corrected chi connectivity index (χ0v) is 17.2. The second-order valence-electron chi connectivity index (χ2n) is 6.63. The van der Waals surface area contributed by atoms with Crippen molar-refractivity contribution in [3.8, 4) is 0 Å². The maximum atomic E-state index is 11.4. The van der Waals surface area contributed by atoms with E-state index >= 15 is 0 Å². The summed E-state index contributed by atoms with van der Waals surface area (Å²) in [6, 6.07) is 0. The third-order valence-electron chi connectivity index (χ3n) is 2.86. The number of hydrogen-bond acceptors (Lipinski definition) is 8. The van der Waals surface area contributed by atoms with Crippen LogP contribution in [-0.4, -0.2) is 95.4 Å². The number of hydrogen-bond donors (Lipinski definition) is 2. The van der Waals surface area contributed by atoms with Crippen molar-refractivity contribution in [2.24, 2.45) is 0 Å². The van der Waals surface area contributed by atoms with Gasteiger partial charge in [-0.25, -0.2) is 4.79 Å². The molecule has 0 aromatic heterocycles. The lowest BCUT2D eigenvalue weighted by molar-refractivity contribution is -0.138. The van der Waals surface area contributed by atoms with Crippen molar-refractivity contribution in [3.63, 3.8) is 0 Å². The smallest absolute Gasteiger partial charge is 0.407 e. The molecule has 0 aliphatic rings. The summed E-state index contributed by atoms with van der Waals surface area (Å²) in [6.07, 6.45) is -0.462. The van der Waals surface area contributed by atoms with Gasteiger partial charge in [-0.3, -0.25) is 4.79 Å². The molecule has 166 valence electrons. The van der Waals surface area contributed by atoms with E-state index in [-0.39, 0.29) is 13.0 Å². The van der Waals surface area contributed by atoms with Crippen LogP contribution in [0.1, 0.15) is 27.2 Å². The Morgan fingerprint density at radius 3 is 1.50 bits per heavy atom. The molecule has 0 radical (unpaired) electrons. The van der Waals surface area contributed by atoms with Crippen LogP contribution in [-0.2, 0) is 33.2 Å². The number of amides is 1. The summed E-state index contributed by atoms with van der Waals surface area (Å²) in [5, 5.41) is 11.0. The van der Waals surface area contributed by atoms with Crippen molar-refractivity contribution in [1.29, 1.82) is 0 Å². The van der Waals surface area contributed by atoms with Crippen LogP contribution in [0.3, 0.4) is 0 Å². The molecule has 0 atom stereocenters. The van der Waals surface area contributed by atoms with Gasteiger partial charge in [-0.2, -0.15) is 0 Å². The lowest BCUT2D eigenvalue weighted by Crippen LogP contribution is -2.34. The maximum Gasteiger partial charge on any atom is 0.407 e. The normalized spacial score (nSPS) is 11.4. The standard InChI is InChI=1S/C18H35NO9/c1-18(2,3)28-17(22)19-5-7-24-9-11-26-13-15-27-14-12-25-10-8-23-6-4-16(20)21/h4-15H2,1-3H3,(H,19,22)(H,20,21). The van der Waals surface area contributed by atoms with Gasteiger partial charge >= 0.3 is 12.1 Å². The fourth-order valence-corrected chi connectivity index (χ4v) is 1.68. The first kappa shape index (κ1) is 26.5. The summed E-state index contributed by atoms with van der Waals surface area (Å²) in [5.74, 6) is -0.877. The van der Waals surface area contributed by atoms with E-state index in [4.69, 9.17) is 33.5 Å². The van der Waals surface area contributed by atoms with E-state index in [1.54, 1.807) is 20.8 Å². The van der Waals surface area contributed by atoms with E-state index in [2.05, 4.69) is 5.32 Å². The predicted octanol–water partition coefficient (Wildman–Crippen LogP) is 1.07. The fourth-order valence-electron chi connectivity index (χ4n) is 1.68. The maximum absolute atomic E-state index is 11.4. The first-order chi connectivity index (χ1) is 13.3. The summed E-state index contributed by atoms with van der Waals surface area (Å²) >= 11 is 0. The van der Waals surface area contributed by atoms with Crippen molar-refractivity contribution in [3.05, 3.63) is 0 Å². The summed E-state index contributed by atoms with van der Waals surface area (Å²) in [5.41, 5.74) is -0.509. The Morgan fingerprint density at radius 2 is 1.11 bits per heavy atom. The molecular formula is C18H35NO9. The highest BCUT2D eigenvalue weighted by atomic mass is 16.6. The minimum absolute atomic E-state index is 0.00286. The predicted molar refractivity (Wildman–Crippen MR) is 101 cm³/mol. The molecule has 0 heterocycles. The van der Waals surface area contributed by atoms with Gasteiger partial charge in [0.05, 0.1) is 72.5 Å². The average Bonchev–Trinajstić information content (AvgIpc) is 2.59. The van der Waals surface area contributed by atoms with Gasteiger partial charge in [0, 0.05) is 6.54 Å². The van der Waals surface area contributed by atoms with E-state index in [0.29, 0.717) is 66.0 Å². The van der Waals surface area contributed by atoms with E-state index in [0.717, 1.165) is 0 Å². The number of alkyl carbamates (subject to hydrolysis) is 1. The molecule has 0 aliphatic carbocycles. The van der Waals surface area contributed by atoms with Crippen LogP contribution in [0.2, 0.25) is 0 Å². The second-order valence-corrected chi connectivity index (χ2v) is 6.63. The summed E-state index contributed by atoms with van der Waals surface area (Å²) in [6.45, 7) is 9.82. The van der Waals surface area contributed by atoms with E-state index in [9.17, 15) is 9.59 Å². The van der Waals surface area contributed by atoms with E-state index in [1.807, 2.05) is 0 Å². The van der Waals surface area contributed by atoms with Gasteiger partial charge in [-0.15, -0.1) is 0 Å². The van der Waals surface area contributed by atoms with Gasteiger partial charge < -0.3 is 38.8 Å². The topological polar surface area (TPSA) is 122 Å². The molecule has 0 bridgehead atoms. The molecule has 10 nitrogen and oxygen atoms in total. The van der Waals surface area contributed by atoms with Crippen molar-refractivity contribution in [2.45, 2.75) is 32.8 Å². The molecule has 0 spiro atoms. The van der Waals surface area contributed by atoms with Crippen LogP contribution in [0, 0.1) is 0 Å². The Kier molecular flexibility index (Phi) is 16.7. The van der Waals surface area contributed by atoms with Gasteiger partial charge in [-0.1, -0.05) is 0 Å². The monoisotopic (exact) mass is 409 g/mol. The van der Waals surface area contributed by atoms with Crippen molar-refractivity contribution in [1.82, 2.24) is 5.32 Å². The number of carbonyl (C=O) groups is 2. The largest absolute Gasteiger partial charge is 0.481 e. The van der Waals surface area contributed by atoms with E-state index < -0.39 is 17.7 Å². The summed E-state index contributed by atoms with van der Waals surface area (Å²) in [7, 11) is 0. The molecule has 0 saturated carbocycles. The molecule has 1 amide bonds. The number of rotatable bonds is 18. The Morgan fingerprint density at radius 1 is 0.714 bits per heavy atom. The molecule has 0 rings (SSSR count). The van der Waals surface area contributed by atoms with Crippen molar-refractivity contribution in [2.75, 3.05) is 72.6 Å². The third-order valence-corrected chi connectivity index (χ3v) is 2.86. The lowest BCUT2D eigenvalue weighted by atomic mass is 10.2. The fraction of sp³-hybridized carbons (Fsp3) is 0.889. The molecule has 10 heteroatoms. The van der Waals surface area contributed by atoms with Crippen LogP contribution in [0.4, 0.5) is 4.79 Å². The first-order valence-corrected chi connectivity index (χ1v) is 9.38. The molecule has 28 heavy (non-hydrogen) atoms. The minimum atomic E-state index is -0.877. The molecule has 2 N–H and O–H groups in total. The molecule has 0 unspecified atom stereocenters. The minimum Gasteiger partial charge on any atom is -0.481 e. The first-order valence-electron chi connectivity index (χ1n) is 9.38. The summed E-state index contributed by atoms with van der Waals surface area (Å²) in [4.78, 5) is 21.6. The highest BCUT2D eigenvalue weighted by Crippen LogP contribution is 2.05. The molecule has 0 saturated heterocycles. The van der Waals surface area contributed by atoms with Crippen molar-refractivity contribution < 1.29 is 43.1 Å². The van der Waals surface area contributed by atoms with E-state index in [1.165, 1.54) is 0 Å². The third kappa shape index (κ3) is 22.6.